The van der Waals surface area contributed by atoms with Crippen molar-refractivity contribution in [3.05, 3.63) is 0 Å². The Hall–Kier alpha value is -0.0100. The van der Waals surface area contributed by atoms with Crippen molar-refractivity contribution in [2.75, 3.05) is 60.6 Å². The van der Waals surface area contributed by atoms with Crippen LogP contribution in [0, 0.1) is 0 Å². The fourth-order valence-electron chi connectivity index (χ4n) is 6.10. The summed E-state index contributed by atoms with van der Waals surface area (Å²) < 4.78 is 30.1. The number of ether oxygens (including phenoxy) is 1. The molecule has 0 radical (unpaired) electrons. The topological polar surface area (TPSA) is 77.0 Å². The monoisotopic (exact) mass is 706 g/mol. The number of hydrogen-bond acceptors (Lipinski definition) is 5. The van der Waals surface area contributed by atoms with Gasteiger partial charge in [-0.2, -0.15) is 0 Å². The van der Waals surface area contributed by atoms with Crippen LogP contribution < -0.4 is 5.32 Å². The van der Waals surface area contributed by atoms with Crippen molar-refractivity contribution in [1.82, 2.24) is 5.32 Å². The molecule has 48 heavy (non-hydrogen) atoms. The number of hydrogen-bond donors (Lipinski definition) is 2. The lowest BCUT2D eigenvalue weighted by Gasteiger charge is -2.25. The summed E-state index contributed by atoms with van der Waals surface area (Å²) in [4.78, 5) is 10.4. The summed E-state index contributed by atoms with van der Waals surface area (Å²) in [6.45, 7) is 7.70. The zero-order valence-electron chi connectivity index (χ0n) is 33.1. The molecule has 0 aromatic carbocycles. The third-order valence-electron chi connectivity index (χ3n) is 9.32. The SMILES string of the molecule is CCCCCCCCCCCCCCCCCCNCC(COCCCCCCCCCCCCCC)OP(=O)(O)OCC[N+](C)(C)C. The molecule has 0 aliphatic heterocycles. The minimum Gasteiger partial charge on any atom is -0.379 e. The normalized spacial score (nSPS) is 14.0. The van der Waals surface area contributed by atoms with Gasteiger partial charge in [-0.25, -0.2) is 4.57 Å². The van der Waals surface area contributed by atoms with Crippen molar-refractivity contribution in [3.8, 4) is 0 Å². The van der Waals surface area contributed by atoms with Crippen LogP contribution in [0.2, 0.25) is 0 Å². The molecule has 290 valence electrons. The number of likely N-dealkylation sites (N-methyl/N-ethyl adjacent to an activating group) is 1. The van der Waals surface area contributed by atoms with Gasteiger partial charge in [-0.3, -0.25) is 9.05 Å². The molecule has 0 rings (SSSR count). The van der Waals surface area contributed by atoms with Crippen molar-refractivity contribution in [2.24, 2.45) is 0 Å². The zero-order chi connectivity index (χ0) is 35.4. The maximum Gasteiger partial charge on any atom is 0.472 e. The third kappa shape index (κ3) is 38.8. The van der Waals surface area contributed by atoms with Gasteiger partial charge in [-0.05, 0) is 19.4 Å². The molecule has 0 saturated carbocycles. The summed E-state index contributed by atoms with van der Waals surface area (Å²) in [6, 6.07) is 0. The molecule has 0 aromatic heterocycles. The van der Waals surface area contributed by atoms with Crippen molar-refractivity contribution >= 4 is 7.82 Å². The maximum absolute atomic E-state index is 12.7. The van der Waals surface area contributed by atoms with Crippen LogP contribution in [-0.2, 0) is 18.3 Å². The van der Waals surface area contributed by atoms with E-state index >= 15 is 0 Å². The molecule has 8 heteroatoms. The van der Waals surface area contributed by atoms with Gasteiger partial charge >= 0.3 is 7.82 Å². The van der Waals surface area contributed by atoms with Crippen molar-refractivity contribution in [3.63, 3.8) is 0 Å². The number of nitrogens with zero attached hydrogens (tertiary/aromatic N) is 1. The number of quaternary nitrogens is 1. The summed E-state index contributed by atoms with van der Waals surface area (Å²) in [5.74, 6) is 0. The van der Waals surface area contributed by atoms with Crippen LogP contribution in [0.25, 0.3) is 0 Å². The van der Waals surface area contributed by atoms with E-state index < -0.39 is 13.9 Å². The maximum atomic E-state index is 12.7. The van der Waals surface area contributed by atoms with E-state index in [0.717, 1.165) is 19.4 Å². The molecular formula is C40H86N2O5P+. The minimum atomic E-state index is -4.15. The third-order valence-corrected chi connectivity index (χ3v) is 10.4. The van der Waals surface area contributed by atoms with Crippen LogP contribution in [0.15, 0.2) is 0 Å². The predicted molar refractivity (Wildman–Crippen MR) is 208 cm³/mol. The Morgan fingerprint density at radius 2 is 0.938 bits per heavy atom. The van der Waals surface area contributed by atoms with Gasteiger partial charge in [0.1, 0.15) is 19.3 Å². The molecule has 2 unspecified atom stereocenters. The molecule has 0 bridgehead atoms. The van der Waals surface area contributed by atoms with Crippen LogP contribution in [-0.4, -0.2) is 76.1 Å². The summed E-state index contributed by atoms with van der Waals surface area (Å²) >= 11 is 0. The smallest absolute Gasteiger partial charge is 0.379 e. The molecule has 0 aromatic rings. The molecule has 7 nitrogen and oxygen atoms in total. The standard InChI is InChI=1S/C40H85N2O5P/c1-6-8-10-12-14-16-18-20-21-22-23-24-26-28-30-32-34-41-38-40(47-48(43,44)46-37-35-42(3,4)5)39-45-36-33-31-29-27-25-19-17-15-13-11-9-7-2/h40-41H,6-39H2,1-5H3/p+1. The van der Waals surface area contributed by atoms with E-state index in [0.29, 0.717) is 30.8 Å². The molecule has 0 fully saturated rings. The highest BCUT2D eigenvalue weighted by molar-refractivity contribution is 7.47. The second kappa shape index (κ2) is 35.4. The number of phosphoric acid groups is 1. The van der Waals surface area contributed by atoms with Gasteiger partial charge in [-0.1, -0.05) is 181 Å². The molecular weight excluding hydrogens is 619 g/mol. The van der Waals surface area contributed by atoms with E-state index in [-0.39, 0.29) is 6.61 Å². The Labute approximate surface area is 300 Å². The Morgan fingerprint density at radius 3 is 1.33 bits per heavy atom. The first kappa shape index (κ1) is 48.0. The zero-order valence-corrected chi connectivity index (χ0v) is 34.0. The van der Waals surface area contributed by atoms with Gasteiger partial charge in [0, 0.05) is 13.2 Å². The number of rotatable bonds is 40. The lowest BCUT2D eigenvalue weighted by Crippen LogP contribution is -2.37. The summed E-state index contributed by atoms with van der Waals surface area (Å²) in [7, 11) is 1.94. The molecule has 0 heterocycles. The van der Waals surface area contributed by atoms with Crippen LogP contribution in [0.5, 0.6) is 0 Å². The molecule has 0 spiro atoms. The molecule has 2 atom stereocenters. The van der Waals surface area contributed by atoms with Gasteiger partial charge in [0.15, 0.2) is 0 Å². The van der Waals surface area contributed by atoms with E-state index in [4.69, 9.17) is 13.8 Å². The second-order valence-corrected chi connectivity index (χ2v) is 16.9. The lowest BCUT2D eigenvalue weighted by atomic mass is 10.0. The lowest BCUT2D eigenvalue weighted by molar-refractivity contribution is -0.870. The fraction of sp³-hybridized carbons (Fsp3) is 1.00. The van der Waals surface area contributed by atoms with E-state index in [1.807, 2.05) is 21.1 Å². The largest absolute Gasteiger partial charge is 0.472 e. The van der Waals surface area contributed by atoms with Crippen LogP contribution >= 0.6 is 7.82 Å². The molecule has 0 amide bonds. The quantitative estimate of drug-likeness (QED) is 0.0375. The average Bonchev–Trinajstić information content (AvgIpc) is 3.03. The highest BCUT2D eigenvalue weighted by Gasteiger charge is 2.27. The summed E-state index contributed by atoms with van der Waals surface area (Å²) in [5, 5.41) is 3.44. The van der Waals surface area contributed by atoms with Gasteiger partial charge in [0.2, 0.25) is 0 Å². The first-order chi connectivity index (χ1) is 23.2. The summed E-state index contributed by atoms with van der Waals surface area (Å²) in [6.07, 6.45) is 37.1. The van der Waals surface area contributed by atoms with E-state index in [2.05, 4.69) is 19.2 Å². The van der Waals surface area contributed by atoms with E-state index in [9.17, 15) is 9.46 Å². The number of phosphoric ester groups is 1. The van der Waals surface area contributed by atoms with Crippen molar-refractivity contribution in [2.45, 2.75) is 200 Å². The summed E-state index contributed by atoms with van der Waals surface area (Å²) in [5.41, 5.74) is 0. The Balaban J connectivity index is 4.03. The number of unbranched alkanes of at least 4 members (excludes halogenated alkanes) is 26. The predicted octanol–water partition coefficient (Wildman–Crippen LogP) is 11.8. The second-order valence-electron chi connectivity index (χ2n) is 15.5. The first-order valence-corrected chi connectivity index (χ1v) is 22.4. The van der Waals surface area contributed by atoms with Crippen LogP contribution in [0.4, 0.5) is 0 Å². The Bertz CT molecular complexity index is 691. The van der Waals surface area contributed by atoms with Gasteiger partial charge in [0.05, 0.1) is 27.7 Å². The van der Waals surface area contributed by atoms with Gasteiger partial charge in [-0.15, -0.1) is 0 Å². The van der Waals surface area contributed by atoms with Gasteiger partial charge < -0.3 is 19.4 Å². The highest BCUT2D eigenvalue weighted by Crippen LogP contribution is 2.44. The van der Waals surface area contributed by atoms with Crippen molar-refractivity contribution in [1.29, 1.82) is 0 Å². The van der Waals surface area contributed by atoms with E-state index in [1.165, 1.54) is 167 Å². The average molecular weight is 706 g/mol. The number of nitrogens with one attached hydrogen (secondary N) is 1. The Morgan fingerprint density at radius 1 is 0.562 bits per heavy atom. The minimum absolute atomic E-state index is 0.177. The van der Waals surface area contributed by atoms with Gasteiger partial charge in [0.25, 0.3) is 0 Å². The molecule has 0 aliphatic carbocycles. The van der Waals surface area contributed by atoms with Crippen LogP contribution in [0.3, 0.4) is 0 Å². The molecule has 0 saturated heterocycles. The molecule has 2 N–H and O–H groups in total. The van der Waals surface area contributed by atoms with E-state index in [1.54, 1.807) is 0 Å². The Kier molecular flexibility index (Phi) is 35.4. The first-order valence-electron chi connectivity index (χ1n) is 20.9. The molecule has 0 aliphatic rings. The van der Waals surface area contributed by atoms with Crippen molar-refractivity contribution < 1.29 is 27.7 Å². The van der Waals surface area contributed by atoms with Crippen LogP contribution in [0.1, 0.15) is 194 Å². The highest BCUT2D eigenvalue weighted by atomic mass is 31.2. The fourth-order valence-corrected chi connectivity index (χ4v) is 6.98.